The molecule has 0 spiro atoms. The molecule has 0 radical (unpaired) electrons. The second-order valence-electron chi connectivity index (χ2n) is 5.08. The smallest absolute Gasteiger partial charge is 0.348 e. The van der Waals surface area contributed by atoms with Gasteiger partial charge in [0.1, 0.15) is 16.2 Å². The van der Waals surface area contributed by atoms with E-state index in [4.69, 9.17) is 4.74 Å². The molecule has 3 rings (SSSR count). The zero-order valence-electron chi connectivity index (χ0n) is 13.4. The summed E-state index contributed by atoms with van der Waals surface area (Å²) < 4.78 is 32.1. The lowest BCUT2D eigenvalue weighted by Gasteiger charge is -2.06. The molecule has 2 aromatic heterocycles. The highest BCUT2D eigenvalue weighted by molar-refractivity contribution is 9.10. The average molecular weight is 461 g/mol. The molecule has 0 bridgehead atoms. The summed E-state index contributed by atoms with van der Waals surface area (Å²) in [5.74, 6) is 0.140. The quantitative estimate of drug-likeness (QED) is 0.466. The first kappa shape index (κ1) is 18.4. The number of thioether (sulfide) groups is 1. The lowest BCUT2D eigenvalue weighted by atomic mass is 10.3. The Balaban J connectivity index is 2.20. The number of hydrogen-bond donors (Lipinski definition) is 1. The molecule has 0 amide bonds. The number of hydrogen-bond acceptors (Lipinski definition) is 7. The van der Waals surface area contributed by atoms with Crippen LogP contribution in [0.3, 0.4) is 0 Å². The molecule has 2 heterocycles. The van der Waals surface area contributed by atoms with Crippen LogP contribution in [0, 0.1) is 6.92 Å². The van der Waals surface area contributed by atoms with Crippen LogP contribution in [0.15, 0.2) is 36.7 Å². The van der Waals surface area contributed by atoms with Crippen LogP contribution in [0.2, 0.25) is 0 Å². The van der Waals surface area contributed by atoms with Crippen LogP contribution in [0.1, 0.15) is 15.5 Å². The topological polar surface area (TPSA) is 89.1 Å². The Kier molecular flexibility index (Phi) is 4.97. The molecule has 0 aliphatic carbocycles. The van der Waals surface area contributed by atoms with Crippen molar-refractivity contribution < 1.29 is 17.9 Å². The molecule has 10 heteroatoms. The van der Waals surface area contributed by atoms with Gasteiger partial charge in [-0.25, -0.2) is 18.2 Å². The predicted molar refractivity (Wildman–Crippen MR) is 101 cm³/mol. The Labute approximate surface area is 161 Å². The van der Waals surface area contributed by atoms with Crippen LogP contribution >= 0.6 is 39.0 Å². The number of nitrogens with one attached hydrogen (secondary N) is 1. The third kappa shape index (κ3) is 3.23. The zero-order chi connectivity index (χ0) is 18.4. The summed E-state index contributed by atoms with van der Waals surface area (Å²) in [5.41, 5.74) is 1.29. The number of aromatic nitrogens is 2. The number of aryl methyl sites for hydroxylation is 1. The summed E-state index contributed by atoms with van der Waals surface area (Å²) in [6.45, 7) is 1.80. The highest BCUT2D eigenvalue weighted by Crippen LogP contribution is 2.38. The molecule has 1 aromatic carbocycles. The van der Waals surface area contributed by atoms with Gasteiger partial charge in [0.05, 0.1) is 26.6 Å². The van der Waals surface area contributed by atoms with Gasteiger partial charge in [0, 0.05) is 4.47 Å². The summed E-state index contributed by atoms with van der Waals surface area (Å²) in [6.07, 6.45) is 1.77. The lowest BCUT2D eigenvalue weighted by Crippen LogP contribution is -2.03. The van der Waals surface area contributed by atoms with Crippen LogP contribution in [0.5, 0.6) is 0 Å². The highest BCUT2D eigenvalue weighted by Gasteiger charge is 2.27. The van der Waals surface area contributed by atoms with Crippen LogP contribution < -0.4 is 0 Å². The van der Waals surface area contributed by atoms with Crippen molar-refractivity contribution >= 4 is 65.9 Å². The van der Waals surface area contributed by atoms with Crippen LogP contribution in [-0.4, -0.2) is 37.7 Å². The molecule has 1 N–H and O–H groups in total. The molecule has 0 saturated heterocycles. The van der Waals surface area contributed by atoms with Gasteiger partial charge < -0.3 is 9.72 Å². The summed E-state index contributed by atoms with van der Waals surface area (Å²) >= 11 is 5.76. The number of esters is 1. The molecule has 132 valence electrons. The number of carbonyl (C=O) groups is 1. The van der Waals surface area contributed by atoms with E-state index in [1.807, 2.05) is 0 Å². The van der Waals surface area contributed by atoms with E-state index in [1.54, 1.807) is 19.2 Å². The largest absolute Gasteiger partial charge is 0.465 e. The lowest BCUT2D eigenvalue weighted by molar-refractivity contribution is 0.0606. The minimum absolute atomic E-state index is 0.105. The van der Waals surface area contributed by atoms with Gasteiger partial charge in [0.15, 0.2) is 0 Å². The number of ether oxygens (including phenoxy) is 1. The summed E-state index contributed by atoms with van der Waals surface area (Å²) in [6, 6.07) is 4.44. The first-order valence-corrected chi connectivity index (χ1v) is 11.3. The maximum atomic E-state index is 13.1. The molecule has 0 aliphatic heterocycles. The second-order valence-corrected chi connectivity index (χ2v) is 9.98. The van der Waals surface area contributed by atoms with Gasteiger partial charge >= 0.3 is 5.97 Å². The maximum absolute atomic E-state index is 13.1. The molecule has 0 fully saturated rings. The van der Waals surface area contributed by atoms with Crippen molar-refractivity contribution in [1.29, 1.82) is 0 Å². The van der Waals surface area contributed by atoms with Gasteiger partial charge in [-0.1, -0.05) is 0 Å². The van der Waals surface area contributed by atoms with E-state index < -0.39 is 15.8 Å². The second kappa shape index (κ2) is 6.75. The third-order valence-electron chi connectivity index (χ3n) is 3.47. The van der Waals surface area contributed by atoms with Crippen molar-refractivity contribution in [3.8, 4) is 0 Å². The molecule has 0 unspecified atom stereocenters. The van der Waals surface area contributed by atoms with Crippen molar-refractivity contribution in [2.24, 2.45) is 0 Å². The van der Waals surface area contributed by atoms with Crippen molar-refractivity contribution in [2.75, 3.05) is 13.4 Å². The minimum atomic E-state index is -3.80. The molecule has 0 saturated carbocycles. The number of aromatic amines is 1. The average Bonchev–Trinajstić information content (AvgIpc) is 3.17. The predicted octanol–water partition coefficient (Wildman–Crippen LogP) is 4.04. The Morgan fingerprint density at radius 2 is 2.08 bits per heavy atom. The van der Waals surface area contributed by atoms with Gasteiger partial charge in [-0.3, -0.25) is 0 Å². The summed E-state index contributed by atoms with van der Waals surface area (Å²) in [7, 11) is -2.54. The number of thiophene rings is 1. The molecule has 3 aromatic rings. The van der Waals surface area contributed by atoms with E-state index in [9.17, 15) is 13.2 Å². The number of carbonyl (C=O) groups excluding carboxylic acids is 1. The van der Waals surface area contributed by atoms with E-state index in [0.29, 0.717) is 25.5 Å². The summed E-state index contributed by atoms with van der Waals surface area (Å²) in [4.78, 5) is 19.6. The van der Waals surface area contributed by atoms with Crippen molar-refractivity contribution in [3.63, 3.8) is 0 Å². The standard InChI is InChI=1S/C15H13BrN2O4S3/c1-7-17-10-5-8(4-9(16)13(10)18-7)25(20,21)12-6-11(14(19)22-2)24-15(12)23-3/h4-6H,1-3H3,(H,17,18). The van der Waals surface area contributed by atoms with E-state index in [0.717, 1.165) is 11.3 Å². The number of H-pyrrole nitrogens is 1. The maximum Gasteiger partial charge on any atom is 0.348 e. The molecule has 6 nitrogen and oxygen atoms in total. The number of fused-ring (bicyclic) bond motifs is 1. The van der Waals surface area contributed by atoms with Crippen LogP contribution in [0.25, 0.3) is 11.0 Å². The normalized spacial score (nSPS) is 11.8. The monoisotopic (exact) mass is 460 g/mol. The number of benzene rings is 1. The fourth-order valence-electron chi connectivity index (χ4n) is 2.34. The number of halogens is 1. The Bertz CT molecular complexity index is 1090. The Morgan fingerprint density at radius 1 is 1.36 bits per heavy atom. The number of nitrogens with zero attached hydrogens (tertiary/aromatic N) is 1. The van der Waals surface area contributed by atoms with Gasteiger partial charge in [-0.15, -0.1) is 23.1 Å². The first-order valence-electron chi connectivity index (χ1n) is 6.95. The van der Waals surface area contributed by atoms with Crippen molar-refractivity contribution in [2.45, 2.75) is 20.9 Å². The molecule has 25 heavy (non-hydrogen) atoms. The molecular weight excluding hydrogens is 448 g/mol. The summed E-state index contributed by atoms with van der Waals surface area (Å²) in [5, 5.41) is 0. The molecular formula is C15H13BrN2O4S3. The zero-order valence-corrected chi connectivity index (χ0v) is 17.5. The van der Waals surface area contributed by atoms with Gasteiger partial charge in [0.2, 0.25) is 9.84 Å². The number of sulfone groups is 1. The fourth-order valence-corrected chi connectivity index (χ4v) is 7.01. The Morgan fingerprint density at radius 3 is 2.72 bits per heavy atom. The van der Waals surface area contributed by atoms with Crippen LogP contribution in [0.4, 0.5) is 0 Å². The van der Waals surface area contributed by atoms with Gasteiger partial charge in [0.25, 0.3) is 0 Å². The fraction of sp³-hybridized carbons (Fsp3) is 0.200. The van der Waals surface area contributed by atoms with E-state index in [2.05, 4.69) is 25.9 Å². The first-order chi connectivity index (χ1) is 11.8. The minimum Gasteiger partial charge on any atom is -0.465 e. The number of methoxy groups -OCH3 is 1. The van der Waals surface area contributed by atoms with Crippen LogP contribution in [-0.2, 0) is 14.6 Å². The number of rotatable bonds is 4. The third-order valence-corrected chi connectivity index (χ3v) is 8.34. The van der Waals surface area contributed by atoms with Crippen molar-refractivity contribution in [1.82, 2.24) is 9.97 Å². The SMILES string of the molecule is COC(=O)c1cc(S(=O)(=O)c2cc(Br)c3nc(C)[nH]c3c2)c(SC)s1. The van der Waals surface area contributed by atoms with E-state index >= 15 is 0 Å². The van der Waals surface area contributed by atoms with Gasteiger partial charge in [-0.2, -0.15) is 0 Å². The molecule has 0 atom stereocenters. The highest BCUT2D eigenvalue weighted by atomic mass is 79.9. The van der Waals surface area contributed by atoms with E-state index in [-0.39, 0.29) is 14.7 Å². The van der Waals surface area contributed by atoms with Crippen molar-refractivity contribution in [3.05, 3.63) is 33.4 Å². The molecule has 0 aliphatic rings. The van der Waals surface area contributed by atoms with E-state index in [1.165, 1.54) is 31.0 Å². The van der Waals surface area contributed by atoms with Gasteiger partial charge in [-0.05, 0) is 47.3 Å². The number of imidazole rings is 1. The Hall–Kier alpha value is -1.36.